The van der Waals surface area contributed by atoms with Crippen molar-refractivity contribution in [1.82, 2.24) is 5.32 Å². The Morgan fingerprint density at radius 3 is 2.81 bits per heavy atom. The first kappa shape index (κ1) is 15.0. The minimum Gasteiger partial charge on any atom is -0.364 e. The van der Waals surface area contributed by atoms with Crippen LogP contribution in [0.4, 0.5) is 0 Å². The molecule has 2 fully saturated rings. The van der Waals surface area contributed by atoms with Gasteiger partial charge in [-0.2, -0.15) is 0 Å². The highest BCUT2D eigenvalue weighted by atomic mass is 79.9. The van der Waals surface area contributed by atoms with E-state index < -0.39 is 0 Å². The molecular weight excluding hydrogens is 332 g/mol. The van der Waals surface area contributed by atoms with E-state index in [4.69, 9.17) is 10.5 Å². The van der Waals surface area contributed by atoms with Gasteiger partial charge in [0.15, 0.2) is 0 Å². The number of hydrogen-bond donors (Lipinski definition) is 2. The summed E-state index contributed by atoms with van der Waals surface area (Å²) in [6.45, 7) is 0.487. The van der Waals surface area contributed by atoms with Gasteiger partial charge >= 0.3 is 0 Å². The molecule has 1 saturated heterocycles. The second-order valence-corrected chi connectivity index (χ2v) is 6.91. The van der Waals surface area contributed by atoms with Crippen molar-refractivity contribution in [1.29, 1.82) is 0 Å². The molecule has 1 amide bonds. The Balaban J connectivity index is 1.71. The van der Waals surface area contributed by atoms with Crippen LogP contribution in [0.3, 0.4) is 0 Å². The molecule has 0 spiro atoms. The van der Waals surface area contributed by atoms with E-state index in [1.165, 1.54) is 5.56 Å². The van der Waals surface area contributed by atoms with Gasteiger partial charge < -0.3 is 15.8 Å². The van der Waals surface area contributed by atoms with Crippen molar-refractivity contribution in [3.63, 3.8) is 0 Å². The lowest BCUT2D eigenvalue weighted by atomic mass is 9.71. The van der Waals surface area contributed by atoms with E-state index in [2.05, 4.69) is 33.4 Å². The van der Waals surface area contributed by atoms with Gasteiger partial charge in [-0.05, 0) is 49.8 Å². The zero-order valence-corrected chi connectivity index (χ0v) is 13.6. The van der Waals surface area contributed by atoms with Gasteiger partial charge in [0.1, 0.15) is 6.10 Å². The van der Waals surface area contributed by atoms with E-state index >= 15 is 0 Å². The molecular formula is C16H21BrN2O2. The molecule has 4 nitrogen and oxygen atoms in total. The van der Waals surface area contributed by atoms with Crippen LogP contribution in [0.25, 0.3) is 0 Å². The first-order valence-electron chi connectivity index (χ1n) is 7.56. The molecule has 114 valence electrons. The average Bonchev–Trinajstić information content (AvgIpc) is 2.91. The van der Waals surface area contributed by atoms with Crippen molar-refractivity contribution >= 4 is 21.8 Å². The molecule has 0 bridgehead atoms. The molecule has 1 aromatic rings. The van der Waals surface area contributed by atoms with Crippen molar-refractivity contribution in [2.45, 2.75) is 49.9 Å². The Morgan fingerprint density at radius 2 is 2.24 bits per heavy atom. The number of carbonyl (C=O) groups is 1. The van der Waals surface area contributed by atoms with Crippen molar-refractivity contribution in [2.24, 2.45) is 5.73 Å². The number of nitrogens with one attached hydrogen (secondary N) is 1. The van der Waals surface area contributed by atoms with E-state index in [0.717, 1.165) is 36.6 Å². The largest absolute Gasteiger partial charge is 0.364 e. The minimum absolute atomic E-state index is 0.00521. The van der Waals surface area contributed by atoms with Crippen molar-refractivity contribution in [3.8, 4) is 0 Å². The van der Waals surface area contributed by atoms with Gasteiger partial charge in [0.25, 0.3) is 0 Å². The molecule has 1 aliphatic heterocycles. The number of halogens is 1. The second kappa shape index (κ2) is 6.07. The maximum atomic E-state index is 12.5. The lowest BCUT2D eigenvalue weighted by Crippen LogP contribution is -2.53. The van der Waals surface area contributed by atoms with Crippen LogP contribution < -0.4 is 11.1 Å². The van der Waals surface area contributed by atoms with Crippen LogP contribution in [0.5, 0.6) is 0 Å². The number of benzene rings is 1. The molecule has 0 aromatic heterocycles. The van der Waals surface area contributed by atoms with Gasteiger partial charge in [-0.25, -0.2) is 0 Å². The molecule has 1 saturated carbocycles. The number of amides is 1. The van der Waals surface area contributed by atoms with Crippen molar-refractivity contribution in [3.05, 3.63) is 34.3 Å². The highest BCUT2D eigenvalue weighted by Gasteiger charge is 2.42. The van der Waals surface area contributed by atoms with Crippen LogP contribution in [-0.4, -0.2) is 24.7 Å². The van der Waals surface area contributed by atoms with E-state index in [1.54, 1.807) is 0 Å². The summed E-state index contributed by atoms with van der Waals surface area (Å²) in [6.07, 6.45) is 4.45. The molecule has 1 heterocycles. The lowest BCUT2D eigenvalue weighted by molar-refractivity contribution is -0.135. The third-order valence-electron chi connectivity index (χ3n) is 4.61. The van der Waals surface area contributed by atoms with E-state index in [-0.39, 0.29) is 23.7 Å². The zero-order valence-electron chi connectivity index (χ0n) is 12.0. The summed E-state index contributed by atoms with van der Waals surface area (Å²) < 4.78 is 6.74. The standard InChI is InChI=1S/C16H21BrN2O2/c17-12-4-1-3-11(9-12)16(7-2-8-16)19-15(20)14-6-5-13(10-18)21-14/h1,3-4,9,13-14H,2,5-8,10,18H2,(H,19,20)/t13-,14+/m1/s1. The van der Waals surface area contributed by atoms with Crippen LogP contribution in [-0.2, 0) is 15.1 Å². The number of nitrogens with two attached hydrogens (primary N) is 1. The first-order valence-corrected chi connectivity index (χ1v) is 8.36. The first-order chi connectivity index (χ1) is 10.1. The van der Waals surface area contributed by atoms with Crippen molar-refractivity contribution < 1.29 is 9.53 Å². The molecule has 3 rings (SSSR count). The van der Waals surface area contributed by atoms with E-state index in [0.29, 0.717) is 6.54 Å². The molecule has 5 heteroatoms. The Hall–Kier alpha value is -0.910. The van der Waals surface area contributed by atoms with Gasteiger partial charge in [0, 0.05) is 11.0 Å². The fourth-order valence-electron chi connectivity index (χ4n) is 3.19. The molecule has 3 N–H and O–H groups in total. The zero-order chi connectivity index (χ0) is 14.9. The number of ether oxygens (including phenoxy) is 1. The monoisotopic (exact) mass is 352 g/mol. The van der Waals surface area contributed by atoms with Gasteiger partial charge in [-0.1, -0.05) is 28.1 Å². The fraction of sp³-hybridized carbons (Fsp3) is 0.562. The fourth-order valence-corrected chi connectivity index (χ4v) is 3.59. The predicted octanol–water partition coefficient (Wildman–Crippen LogP) is 2.45. The average molecular weight is 353 g/mol. The van der Waals surface area contributed by atoms with Gasteiger partial charge in [0.2, 0.25) is 5.91 Å². The summed E-state index contributed by atoms with van der Waals surface area (Å²) in [5, 5.41) is 3.23. The summed E-state index contributed by atoms with van der Waals surface area (Å²) in [6, 6.07) is 8.20. The highest BCUT2D eigenvalue weighted by Crippen LogP contribution is 2.42. The summed E-state index contributed by atoms with van der Waals surface area (Å²) in [5.74, 6) is 0.00521. The summed E-state index contributed by atoms with van der Waals surface area (Å²) >= 11 is 3.51. The van der Waals surface area contributed by atoms with Gasteiger partial charge in [-0.15, -0.1) is 0 Å². The highest BCUT2D eigenvalue weighted by molar-refractivity contribution is 9.10. The Kier molecular flexibility index (Phi) is 4.33. The quantitative estimate of drug-likeness (QED) is 0.874. The molecule has 2 atom stereocenters. The third-order valence-corrected chi connectivity index (χ3v) is 5.10. The maximum absolute atomic E-state index is 12.5. The number of hydrogen-bond acceptors (Lipinski definition) is 3. The molecule has 1 aromatic carbocycles. The van der Waals surface area contributed by atoms with Crippen LogP contribution in [0.1, 0.15) is 37.7 Å². The van der Waals surface area contributed by atoms with Crippen LogP contribution >= 0.6 is 15.9 Å². The smallest absolute Gasteiger partial charge is 0.249 e. The number of rotatable bonds is 4. The number of carbonyl (C=O) groups excluding carboxylic acids is 1. The SMILES string of the molecule is NC[C@H]1CC[C@@H](C(=O)NC2(c3cccc(Br)c3)CCC2)O1. The Bertz CT molecular complexity index is 531. The molecule has 21 heavy (non-hydrogen) atoms. The van der Waals surface area contributed by atoms with Gasteiger partial charge in [-0.3, -0.25) is 4.79 Å². The summed E-state index contributed by atoms with van der Waals surface area (Å²) in [4.78, 5) is 12.5. The normalized spacial score (nSPS) is 27.1. The van der Waals surface area contributed by atoms with Gasteiger partial charge in [0.05, 0.1) is 11.6 Å². The van der Waals surface area contributed by atoms with E-state index in [9.17, 15) is 4.79 Å². The van der Waals surface area contributed by atoms with Crippen LogP contribution in [0.15, 0.2) is 28.7 Å². The second-order valence-electron chi connectivity index (χ2n) is 6.00. The summed E-state index contributed by atoms with van der Waals surface area (Å²) in [5.41, 5.74) is 6.56. The topological polar surface area (TPSA) is 64.4 Å². The molecule has 2 aliphatic rings. The third kappa shape index (κ3) is 3.00. The molecule has 1 aliphatic carbocycles. The van der Waals surface area contributed by atoms with Crippen molar-refractivity contribution in [2.75, 3.05) is 6.54 Å². The van der Waals surface area contributed by atoms with Crippen LogP contribution in [0, 0.1) is 0 Å². The predicted molar refractivity (Wildman–Crippen MR) is 84.8 cm³/mol. The molecule has 0 radical (unpaired) electrons. The van der Waals surface area contributed by atoms with E-state index in [1.807, 2.05) is 12.1 Å². The Morgan fingerprint density at radius 1 is 1.43 bits per heavy atom. The summed E-state index contributed by atoms with van der Waals surface area (Å²) in [7, 11) is 0. The molecule has 0 unspecified atom stereocenters. The lowest BCUT2D eigenvalue weighted by Gasteiger charge is -2.43. The minimum atomic E-state index is -0.344. The Labute approximate surface area is 133 Å². The maximum Gasteiger partial charge on any atom is 0.249 e. The van der Waals surface area contributed by atoms with Crippen LogP contribution in [0.2, 0.25) is 0 Å².